The van der Waals surface area contributed by atoms with Crippen molar-refractivity contribution in [3.05, 3.63) is 59.3 Å². The van der Waals surface area contributed by atoms with Gasteiger partial charge in [-0.3, -0.25) is 4.79 Å². The topological polar surface area (TPSA) is 54.0 Å². The summed E-state index contributed by atoms with van der Waals surface area (Å²) in [5.74, 6) is 0.216. The molecule has 0 saturated carbocycles. The number of halogens is 2. The van der Waals surface area contributed by atoms with Crippen LogP contribution in [0.15, 0.2) is 42.6 Å². The van der Waals surface area contributed by atoms with E-state index in [1.807, 2.05) is 0 Å². The highest BCUT2D eigenvalue weighted by molar-refractivity contribution is 5.98. The van der Waals surface area contributed by atoms with Crippen LogP contribution in [0.3, 0.4) is 0 Å². The lowest BCUT2D eigenvalue weighted by Gasteiger charge is -2.10. The summed E-state index contributed by atoms with van der Waals surface area (Å²) in [6.45, 7) is 0.393. The lowest BCUT2D eigenvalue weighted by molar-refractivity contribution is 0.0963. The van der Waals surface area contributed by atoms with E-state index in [1.54, 1.807) is 37.5 Å². The number of benzene rings is 1. The zero-order valence-electron chi connectivity index (χ0n) is 11.4. The van der Waals surface area contributed by atoms with Crippen molar-refractivity contribution in [2.75, 3.05) is 12.4 Å². The predicted molar refractivity (Wildman–Crippen MR) is 76.4 cm³/mol. The van der Waals surface area contributed by atoms with Gasteiger partial charge < -0.3 is 10.6 Å². The smallest absolute Gasteiger partial charge is 0.263 e. The van der Waals surface area contributed by atoms with Gasteiger partial charge in [-0.25, -0.2) is 13.8 Å². The minimum absolute atomic E-state index is 0.0114. The van der Waals surface area contributed by atoms with Gasteiger partial charge in [0.05, 0.1) is 5.56 Å². The molecule has 0 radical (unpaired) electrons. The minimum atomic E-state index is -2.47. The van der Waals surface area contributed by atoms with Gasteiger partial charge in [-0.2, -0.15) is 0 Å². The number of nitrogens with zero attached hydrogens (tertiary/aromatic N) is 1. The first-order valence-electron chi connectivity index (χ1n) is 6.39. The maximum absolute atomic E-state index is 12.5. The zero-order chi connectivity index (χ0) is 15.2. The molecule has 0 bridgehead atoms. The number of carbonyl (C=O) groups excluding carboxylic acids is 1. The molecule has 21 heavy (non-hydrogen) atoms. The first kappa shape index (κ1) is 14.9. The molecular formula is C15H15F2N3O. The normalized spacial score (nSPS) is 10.5. The van der Waals surface area contributed by atoms with E-state index in [-0.39, 0.29) is 11.5 Å². The largest absolute Gasteiger partial charge is 0.365 e. The van der Waals surface area contributed by atoms with Crippen LogP contribution in [0.5, 0.6) is 0 Å². The molecule has 1 aromatic carbocycles. The Morgan fingerprint density at radius 1 is 1.24 bits per heavy atom. The lowest BCUT2D eigenvalue weighted by atomic mass is 10.1. The average molecular weight is 291 g/mol. The van der Waals surface area contributed by atoms with Crippen molar-refractivity contribution in [1.29, 1.82) is 0 Å². The van der Waals surface area contributed by atoms with Crippen LogP contribution in [-0.4, -0.2) is 17.9 Å². The third-order valence-electron chi connectivity index (χ3n) is 2.97. The number of hydrogen-bond donors (Lipinski definition) is 2. The van der Waals surface area contributed by atoms with E-state index in [1.165, 1.54) is 12.1 Å². The number of aromatic nitrogens is 1. The van der Waals surface area contributed by atoms with Crippen molar-refractivity contribution in [3.8, 4) is 0 Å². The molecule has 0 atom stereocenters. The summed E-state index contributed by atoms with van der Waals surface area (Å²) < 4.78 is 24.9. The molecule has 2 aromatic rings. The van der Waals surface area contributed by atoms with Crippen molar-refractivity contribution < 1.29 is 13.6 Å². The van der Waals surface area contributed by atoms with Gasteiger partial charge in [0, 0.05) is 25.4 Å². The highest BCUT2D eigenvalue weighted by Crippen LogP contribution is 2.19. The summed E-state index contributed by atoms with van der Waals surface area (Å²) in [7, 11) is 1.54. The van der Waals surface area contributed by atoms with E-state index in [0.717, 1.165) is 5.56 Å². The number of anilines is 1. The van der Waals surface area contributed by atoms with E-state index in [0.29, 0.717) is 17.9 Å². The van der Waals surface area contributed by atoms with E-state index in [2.05, 4.69) is 15.6 Å². The van der Waals surface area contributed by atoms with Gasteiger partial charge in [-0.15, -0.1) is 0 Å². The Morgan fingerprint density at radius 2 is 1.95 bits per heavy atom. The van der Waals surface area contributed by atoms with Gasteiger partial charge >= 0.3 is 0 Å². The summed E-state index contributed by atoms with van der Waals surface area (Å²) >= 11 is 0. The highest BCUT2D eigenvalue weighted by Gasteiger charge is 2.10. The molecule has 110 valence electrons. The molecule has 1 heterocycles. The summed E-state index contributed by atoms with van der Waals surface area (Å²) in [6, 6.07) is 9.36. The van der Waals surface area contributed by atoms with E-state index in [9.17, 15) is 13.6 Å². The Balaban J connectivity index is 2.08. The number of nitrogens with one attached hydrogen (secondary N) is 2. The fourth-order valence-corrected chi connectivity index (χ4v) is 1.83. The van der Waals surface area contributed by atoms with Gasteiger partial charge in [0.15, 0.2) is 0 Å². The molecule has 0 unspecified atom stereocenters. The number of alkyl halides is 2. The number of pyridine rings is 1. The molecule has 6 heteroatoms. The molecule has 0 spiro atoms. The fraction of sp³-hybridized carbons (Fsp3) is 0.200. The third kappa shape index (κ3) is 3.75. The molecule has 0 aliphatic heterocycles. The molecule has 1 aromatic heterocycles. The third-order valence-corrected chi connectivity index (χ3v) is 2.97. The van der Waals surface area contributed by atoms with Crippen LogP contribution in [0.1, 0.15) is 27.9 Å². The van der Waals surface area contributed by atoms with Crippen LogP contribution in [0.25, 0.3) is 0 Å². The van der Waals surface area contributed by atoms with Crippen molar-refractivity contribution in [1.82, 2.24) is 10.3 Å². The summed E-state index contributed by atoms with van der Waals surface area (Å²) in [5, 5.41) is 5.57. The SMILES string of the molecule is CNC(=O)c1cccnc1NCc1ccc(C(F)F)cc1. The van der Waals surface area contributed by atoms with Gasteiger partial charge in [0.25, 0.3) is 12.3 Å². The van der Waals surface area contributed by atoms with E-state index >= 15 is 0 Å². The summed E-state index contributed by atoms with van der Waals surface area (Å²) in [5.41, 5.74) is 1.25. The number of amides is 1. The van der Waals surface area contributed by atoms with E-state index < -0.39 is 6.43 Å². The Kier molecular flexibility index (Phi) is 4.81. The summed E-state index contributed by atoms with van der Waals surface area (Å²) in [6.07, 6.45) is -0.892. The Hall–Kier alpha value is -2.50. The number of carbonyl (C=O) groups is 1. The van der Waals surface area contributed by atoms with Crippen molar-refractivity contribution >= 4 is 11.7 Å². The van der Waals surface area contributed by atoms with Crippen LogP contribution < -0.4 is 10.6 Å². The Bertz CT molecular complexity index is 615. The molecular weight excluding hydrogens is 276 g/mol. The Labute approximate surface area is 121 Å². The fourth-order valence-electron chi connectivity index (χ4n) is 1.83. The van der Waals surface area contributed by atoms with Crippen molar-refractivity contribution in [2.24, 2.45) is 0 Å². The molecule has 0 aliphatic carbocycles. The molecule has 0 aliphatic rings. The van der Waals surface area contributed by atoms with Gasteiger partial charge in [0.1, 0.15) is 5.82 Å². The Morgan fingerprint density at radius 3 is 2.57 bits per heavy atom. The van der Waals surface area contributed by atoms with Crippen LogP contribution in [0.4, 0.5) is 14.6 Å². The molecule has 4 nitrogen and oxygen atoms in total. The quantitative estimate of drug-likeness (QED) is 0.890. The zero-order valence-corrected chi connectivity index (χ0v) is 11.4. The van der Waals surface area contributed by atoms with Crippen LogP contribution in [0, 0.1) is 0 Å². The molecule has 1 amide bonds. The van der Waals surface area contributed by atoms with Crippen LogP contribution >= 0.6 is 0 Å². The maximum atomic E-state index is 12.5. The van der Waals surface area contributed by atoms with Gasteiger partial charge in [0.2, 0.25) is 0 Å². The standard InChI is InChI=1S/C15H15F2N3O/c1-18-15(21)12-3-2-8-19-14(12)20-9-10-4-6-11(7-5-10)13(16)17/h2-8,13H,9H2,1H3,(H,18,21)(H,19,20). The molecule has 0 fully saturated rings. The first-order valence-corrected chi connectivity index (χ1v) is 6.39. The second-order valence-electron chi connectivity index (χ2n) is 4.37. The molecule has 2 rings (SSSR count). The minimum Gasteiger partial charge on any atom is -0.365 e. The number of hydrogen-bond acceptors (Lipinski definition) is 3. The molecule has 2 N–H and O–H groups in total. The van der Waals surface area contributed by atoms with Crippen molar-refractivity contribution in [3.63, 3.8) is 0 Å². The second-order valence-corrected chi connectivity index (χ2v) is 4.37. The van der Waals surface area contributed by atoms with Crippen LogP contribution in [0.2, 0.25) is 0 Å². The monoisotopic (exact) mass is 291 g/mol. The van der Waals surface area contributed by atoms with Crippen LogP contribution in [-0.2, 0) is 6.54 Å². The lowest BCUT2D eigenvalue weighted by Crippen LogP contribution is -2.20. The summed E-state index contributed by atoms with van der Waals surface area (Å²) in [4.78, 5) is 15.8. The predicted octanol–water partition coefficient (Wildman–Crippen LogP) is 2.99. The van der Waals surface area contributed by atoms with Gasteiger partial charge in [-0.05, 0) is 17.7 Å². The van der Waals surface area contributed by atoms with Crippen molar-refractivity contribution in [2.45, 2.75) is 13.0 Å². The highest BCUT2D eigenvalue weighted by atomic mass is 19.3. The molecule has 0 saturated heterocycles. The second kappa shape index (κ2) is 6.78. The van der Waals surface area contributed by atoms with E-state index in [4.69, 9.17) is 0 Å². The number of rotatable bonds is 5. The van der Waals surface area contributed by atoms with Gasteiger partial charge in [-0.1, -0.05) is 24.3 Å². The first-order chi connectivity index (χ1) is 10.1. The average Bonchev–Trinajstić information content (AvgIpc) is 2.52. The maximum Gasteiger partial charge on any atom is 0.263 e.